The summed E-state index contributed by atoms with van der Waals surface area (Å²) in [5, 5.41) is 3.35. The van der Waals surface area contributed by atoms with E-state index >= 15 is 0 Å². The first-order valence-corrected chi connectivity index (χ1v) is 6.74. The molecule has 1 N–H and O–H groups in total. The van der Waals surface area contributed by atoms with Crippen molar-refractivity contribution in [3.63, 3.8) is 0 Å². The van der Waals surface area contributed by atoms with E-state index in [9.17, 15) is 0 Å². The average molecular weight is 249 g/mol. The van der Waals surface area contributed by atoms with Gasteiger partial charge in [-0.05, 0) is 30.5 Å². The van der Waals surface area contributed by atoms with Crippen LogP contribution in [0.15, 0.2) is 24.3 Å². The molecule has 0 spiro atoms. The van der Waals surface area contributed by atoms with E-state index in [4.69, 9.17) is 9.47 Å². The van der Waals surface area contributed by atoms with Gasteiger partial charge in [-0.3, -0.25) is 0 Å². The van der Waals surface area contributed by atoms with Crippen LogP contribution in [0.1, 0.15) is 32.3 Å². The summed E-state index contributed by atoms with van der Waals surface area (Å²) < 4.78 is 11.6. The van der Waals surface area contributed by atoms with Crippen LogP contribution < -0.4 is 10.1 Å². The molecular formula is C15H23NO2. The van der Waals surface area contributed by atoms with Gasteiger partial charge >= 0.3 is 0 Å². The Hall–Kier alpha value is -1.06. The molecule has 1 fully saturated rings. The lowest BCUT2D eigenvalue weighted by Gasteiger charge is -2.28. The summed E-state index contributed by atoms with van der Waals surface area (Å²) in [5.74, 6) is 1.46. The third kappa shape index (κ3) is 3.72. The molecule has 18 heavy (non-hydrogen) atoms. The molecule has 1 saturated heterocycles. The van der Waals surface area contributed by atoms with Gasteiger partial charge in [0.2, 0.25) is 0 Å². The molecule has 1 heterocycles. The molecule has 0 bridgehead atoms. The maximum atomic E-state index is 5.82. The van der Waals surface area contributed by atoms with Crippen molar-refractivity contribution in [2.45, 2.75) is 38.9 Å². The first-order valence-electron chi connectivity index (χ1n) is 6.74. The zero-order chi connectivity index (χ0) is 13.0. The third-order valence-corrected chi connectivity index (χ3v) is 3.19. The zero-order valence-electron chi connectivity index (χ0n) is 11.5. The summed E-state index contributed by atoms with van der Waals surface area (Å²) in [6.07, 6.45) is 0.422. The number of ether oxygens (including phenoxy) is 2. The Labute approximate surface area is 109 Å². The van der Waals surface area contributed by atoms with Crippen molar-refractivity contribution in [3.8, 4) is 5.75 Å². The van der Waals surface area contributed by atoms with E-state index in [1.807, 2.05) is 12.1 Å². The van der Waals surface area contributed by atoms with Gasteiger partial charge < -0.3 is 14.8 Å². The molecule has 1 aromatic rings. The quantitative estimate of drug-likeness (QED) is 0.889. The maximum absolute atomic E-state index is 5.82. The highest BCUT2D eigenvalue weighted by Gasteiger charge is 2.19. The van der Waals surface area contributed by atoms with Gasteiger partial charge in [-0.25, -0.2) is 0 Å². The summed E-state index contributed by atoms with van der Waals surface area (Å²) >= 11 is 0. The summed E-state index contributed by atoms with van der Waals surface area (Å²) in [6, 6.07) is 8.31. The van der Waals surface area contributed by atoms with Crippen LogP contribution in [0.25, 0.3) is 0 Å². The second-order valence-electron chi connectivity index (χ2n) is 5.27. The lowest BCUT2D eigenvalue weighted by molar-refractivity contribution is -0.0470. The van der Waals surface area contributed by atoms with Crippen molar-refractivity contribution in [2.24, 2.45) is 0 Å². The number of morpholine rings is 1. The van der Waals surface area contributed by atoms with Crippen LogP contribution >= 0.6 is 0 Å². The van der Waals surface area contributed by atoms with Crippen molar-refractivity contribution >= 4 is 0 Å². The van der Waals surface area contributed by atoms with Crippen LogP contribution in [-0.4, -0.2) is 31.9 Å². The smallest absolute Gasteiger partial charge is 0.119 e. The minimum absolute atomic E-state index is 0.149. The Morgan fingerprint density at radius 2 is 2.22 bits per heavy atom. The Morgan fingerprint density at radius 3 is 2.94 bits per heavy atom. The molecule has 1 aliphatic rings. The van der Waals surface area contributed by atoms with Crippen LogP contribution in [-0.2, 0) is 4.74 Å². The lowest BCUT2D eigenvalue weighted by atomic mass is 10.0. The fourth-order valence-electron chi connectivity index (χ4n) is 2.12. The molecule has 3 nitrogen and oxygen atoms in total. The van der Waals surface area contributed by atoms with E-state index in [1.165, 1.54) is 5.56 Å². The zero-order valence-corrected chi connectivity index (χ0v) is 11.5. The van der Waals surface area contributed by atoms with Crippen LogP contribution in [0.4, 0.5) is 0 Å². The largest absolute Gasteiger partial charge is 0.491 e. The molecule has 0 aliphatic carbocycles. The molecule has 0 amide bonds. The second kappa shape index (κ2) is 6.21. The van der Waals surface area contributed by atoms with Crippen molar-refractivity contribution < 1.29 is 9.47 Å². The van der Waals surface area contributed by atoms with Crippen LogP contribution in [0, 0.1) is 0 Å². The number of hydrogen-bond donors (Lipinski definition) is 1. The first kappa shape index (κ1) is 13.4. The van der Waals surface area contributed by atoms with Gasteiger partial charge in [0.25, 0.3) is 0 Å². The molecule has 0 aromatic heterocycles. The highest BCUT2D eigenvalue weighted by Crippen LogP contribution is 2.20. The Bertz CT molecular complexity index is 379. The monoisotopic (exact) mass is 249 g/mol. The van der Waals surface area contributed by atoms with Crippen LogP contribution in [0.2, 0.25) is 0 Å². The summed E-state index contributed by atoms with van der Waals surface area (Å²) in [4.78, 5) is 0. The number of benzene rings is 1. The highest BCUT2D eigenvalue weighted by molar-refractivity contribution is 5.30. The van der Waals surface area contributed by atoms with Gasteiger partial charge in [0.15, 0.2) is 0 Å². The van der Waals surface area contributed by atoms with E-state index in [-0.39, 0.29) is 12.2 Å². The molecule has 2 unspecified atom stereocenters. The first-order chi connectivity index (χ1) is 8.65. The molecule has 3 heteroatoms. The normalized spacial score (nSPS) is 24.2. The predicted octanol–water partition coefficient (Wildman–Crippen LogP) is 2.57. The lowest BCUT2D eigenvalue weighted by Crippen LogP contribution is -2.45. The fraction of sp³-hybridized carbons (Fsp3) is 0.600. The predicted molar refractivity (Wildman–Crippen MR) is 73.2 cm³/mol. The molecule has 0 radical (unpaired) electrons. The van der Waals surface area contributed by atoms with Gasteiger partial charge in [0.05, 0.1) is 6.10 Å². The van der Waals surface area contributed by atoms with E-state index in [1.54, 1.807) is 0 Å². The van der Waals surface area contributed by atoms with Crippen molar-refractivity contribution in [3.05, 3.63) is 29.8 Å². The van der Waals surface area contributed by atoms with Gasteiger partial charge in [-0.15, -0.1) is 0 Å². The molecule has 100 valence electrons. The highest BCUT2D eigenvalue weighted by atomic mass is 16.5. The summed E-state index contributed by atoms with van der Waals surface area (Å²) in [6.45, 7) is 8.87. The Balaban J connectivity index is 1.87. The van der Waals surface area contributed by atoms with Crippen molar-refractivity contribution in [1.82, 2.24) is 5.32 Å². The average Bonchev–Trinajstić information content (AvgIpc) is 2.37. The fourth-order valence-corrected chi connectivity index (χ4v) is 2.12. The van der Waals surface area contributed by atoms with Crippen LogP contribution in [0.3, 0.4) is 0 Å². The van der Waals surface area contributed by atoms with E-state index in [0.717, 1.165) is 18.8 Å². The van der Waals surface area contributed by atoms with Crippen molar-refractivity contribution in [2.75, 3.05) is 19.7 Å². The van der Waals surface area contributed by atoms with Crippen molar-refractivity contribution in [1.29, 1.82) is 0 Å². The standard InChI is InChI=1S/C15H23NO2/c1-11(2)13-5-4-6-14(7-13)17-10-15-9-16-8-12(3)18-15/h4-7,11-12,15-16H,8-10H2,1-3H3. The van der Waals surface area contributed by atoms with E-state index < -0.39 is 0 Å². The summed E-state index contributed by atoms with van der Waals surface area (Å²) in [7, 11) is 0. The van der Waals surface area contributed by atoms with Gasteiger partial charge in [0.1, 0.15) is 18.5 Å². The third-order valence-electron chi connectivity index (χ3n) is 3.19. The number of rotatable bonds is 4. The van der Waals surface area contributed by atoms with E-state index in [0.29, 0.717) is 12.5 Å². The maximum Gasteiger partial charge on any atom is 0.119 e. The van der Waals surface area contributed by atoms with E-state index in [2.05, 4.69) is 38.2 Å². The minimum atomic E-state index is 0.149. The van der Waals surface area contributed by atoms with Crippen LogP contribution in [0.5, 0.6) is 5.75 Å². The summed E-state index contributed by atoms with van der Waals surface area (Å²) in [5.41, 5.74) is 1.31. The van der Waals surface area contributed by atoms with Gasteiger partial charge in [-0.1, -0.05) is 26.0 Å². The second-order valence-corrected chi connectivity index (χ2v) is 5.27. The molecule has 0 saturated carbocycles. The SMILES string of the molecule is CC1CNCC(COc2cccc(C(C)C)c2)O1. The minimum Gasteiger partial charge on any atom is -0.491 e. The van der Waals surface area contributed by atoms with Gasteiger partial charge in [0, 0.05) is 13.1 Å². The molecular weight excluding hydrogens is 226 g/mol. The Kier molecular flexibility index (Phi) is 4.61. The molecule has 2 rings (SSSR count). The number of nitrogens with one attached hydrogen (secondary N) is 1. The topological polar surface area (TPSA) is 30.5 Å². The molecule has 1 aromatic carbocycles. The Morgan fingerprint density at radius 1 is 1.39 bits per heavy atom. The number of hydrogen-bond acceptors (Lipinski definition) is 3. The molecule has 2 atom stereocenters. The van der Waals surface area contributed by atoms with Gasteiger partial charge in [-0.2, -0.15) is 0 Å². The molecule has 1 aliphatic heterocycles.